The Balaban J connectivity index is 2.82. The van der Waals surface area contributed by atoms with Gasteiger partial charge in [-0.2, -0.15) is 0 Å². The third-order valence-electron chi connectivity index (χ3n) is 2.09. The number of aromatic carboxylic acids is 1. The fraction of sp³-hybridized carbons (Fsp3) is 0. The van der Waals surface area contributed by atoms with Crippen LogP contribution >= 0.6 is 0 Å². The molecule has 7 heteroatoms. The molecular formula is C9H6N2O5. The summed E-state index contributed by atoms with van der Waals surface area (Å²) in [5.74, 6) is -1.65. The molecule has 1 aromatic carbocycles. The van der Waals surface area contributed by atoms with E-state index in [0.717, 1.165) is 0 Å². The number of nitro benzene ring substituents is 1. The maximum atomic E-state index is 10.7. The summed E-state index contributed by atoms with van der Waals surface area (Å²) in [5.41, 5.74) is 4.82. The van der Waals surface area contributed by atoms with Crippen molar-refractivity contribution in [2.45, 2.75) is 0 Å². The van der Waals surface area contributed by atoms with Gasteiger partial charge in [-0.15, -0.1) is 0 Å². The fourth-order valence-electron chi connectivity index (χ4n) is 1.40. The van der Waals surface area contributed by atoms with Crippen LogP contribution in [0.3, 0.4) is 0 Å². The van der Waals surface area contributed by atoms with Crippen LogP contribution in [0.25, 0.3) is 11.0 Å². The van der Waals surface area contributed by atoms with E-state index in [-0.39, 0.29) is 17.0 Å². The molecule has 0 aliphatic heterocycles. The Kier molecular flexibility index (Phi) is 2.01. The Morgan fingerprint density at radius 1 is 1.50 bits per heavy atom. The number of carboxylic acid groups (broad SMARTS) is 1. The summed E-state index contributed by atoms with van der Waals surface area (Å²) in [6.07, 6.45) is 0. The van der Waals surface area contributed by atoms with Crippen LogP contribution in [0.15, 0.2) is 22.6 Å². The largest absolute Gasteiger partial charge is 0.475 e. The number of anilines is 1. The molecule has 2 rings (SSSR count). The van der Waals surface area contributed by atoms with Gasteiger partial charge in [-0.3, -0.25) is 10.1 Å². The SMILES string of the molecule is Nc1ccc2cc(C(=O)O)oc2c1[N+](=O)[O-]. The van der Waals surface area contributed by atoms with Gasteiger partial charge in [0.05, 0.1) is 4.92 Å². The monoisotopic (exact) mass is 222 g/mol. The van der Waals surface area contributed by atoms with Gasteiger partial charge in [0, 0.05) is 5.39 Å². The molecule has 0 unspecified atom stereocenters. The summed E-state index contributed by atoms with van der Waals surface area (Å²) in [7, 11) is 0. The number of rotatable bonds is 2. The Morgan fingerprint density at radius 2 is 2.19 bits per heavy atom. The lowest BCUT2D eigenvalue weighted by Crippen LogP contribution is -1.95. The summed E-state index contributed by atoms with van der Waals surface area (Å²) in [6, 6.07) is 4.01. The van der Waals surface area contributed by atoms with Crippen molar-refractivity contribution in [2.75, 3.05) is 5.73 Å². The molecule has 2 aromatic rings. The zero-order valence-electron chi connectivity index (χ0n) is 7.84. The molecule has 0 atom stereocenters. The summed E-state index contributed by atoms with van der Waals surface area (Å²) in [5, 5.41) is 19.8. The third kappa shape index (κ3) is 1.34. The van der Waals surface area contributed by atoms with Crippen LogP contribution in [0.5, 0.6) is 0 Å². The Morgan fingerprint density at radius 3 is 2.75 bits per heavy atom. The van der Waals surface area contributed by atoms with E-state index in [9.17, 15) is 14.9 Å². The molecule has 0 amide bonds. The Bertz CT molecular complexity index is 601. The smallest absolute Gasteiger partial charge is 0.371 e. The summed E-state index contributed by atoms with van der Waals surface area (Å²) >= 11 is 0. The van der Waals surface area contributed by atoms with Gasteiger partial charge in [0.25, 0.3) is 0 Å². The van der Waals surface area contributed by atoms with Gasteiger partial charge in [-0.05, 0) is 18.2 Å². The van der Waals surface area contributed by atoms with E-state index in [1.165, 1.54) is 18.2 Å². The third-order valence-corrected chi connectivity index (χ3v) is 2.09. The first kappa shape index (κ1) is 9.97. The first-order valence-electron chi connectivity index (χ1n) is 4.20. The lowest BCUT2D eigenvalue weighted by molar-refractivity contribution is -0.382. The second-order valence-electron chi connectivity index (χ2n) is 3.09. The van der Waals surface area contributed by atoms with Crippen LogP contribution < -0.4 is 5.73 Å². The average molecular weight is 222 g/mol. The highest BCUT2D eigenvalue weighted by atomic mass is 16.6. The number of fused-ring (bicyclic) bond motifs is 1. The maximum absolute atomic E-state index is 10.7. The Labute approximate surface area is 88.2 Å². The molecule has 16 heavy (non-hydrogen) atoms. The molecule has 0 spiro atoms. The molecule has 82 valence electrons. The number of benzene rings is 1. The van der Waals surface area contributed by atoms with Crippen molar-refractivity contribution in [3.63, 3.8) is 0 Å². The summed E-state index contributed by atoms with van der Waals surface area (Å²) in [4.78, 5) is 20.7. The number of carboxylic acids is 1. The molecule has 3 N–H and O–H groups in total. The predicted molar refractivity (Wildman–Crippen MR) is 54.2 cm³/mol. The highest BCUT2D eigenvalue weighted by molar-refractivity contribution is 5.97. The van der Waals surface area contributed by atoms with E-state index in [0.29, 0.717) is 5.39 Å². The van der Waals surface area contributed by atoms with Crippen molar-refractivity contribution in [3.05, 3.63) is 34.1 Å². The first-order chi connectivity index (χ1) is 7.50. The Hall–Kier alpha value is -2.57. The second-order valence-corrected chi connectivity index (χ2v) is 3.09. The van der Waals surface area contributed by atoms with E-state index < -0.39 is 16.6 Å². The van der Waals surface area contributed by atoms with Gasteiger partial charge in [-0.1, -0.05) is 0 Å². The zero-order valence-corrected chi connectivity index (χ0v) is 7.84. The van der Waals surface area contributed by atoms with E-state index in [4.69, 9.17) is 15.3 Å². The average Bonchev–Trinajstić information content (AvgIpc) is 2.60. The van der Waals surface area contributed by atoms with Crippen LogP contribution in [-0.2, 0) is 0 Å². The number of carbonyl (C=O) groups is 1. The van der Waals surface area contributed by atoms with E-state index in [2.05, 4.69) is 0 Å². The highest BCUT2D eigenvalue weighted by Crippen LogP contribution is 2.33. The van der Waals surface area contributed by atoms with Gasteiger partial charge >= 0.3 is 11.7 Å². The molecule has 0 saturated heterocycles. The molecule has 7 nitrogen and oxygen atoms in total. The van der Waals surface area contributed by atoms with Crippen LogP contribution in [0.4, 0.5) is 11.4 Å². The number of nitrogen functional groups attached to an aromatic ring is 1. The number of nitrogens with two attached hydrogens (primary N) is 1. The van der Waals surface area contributed by atoms with Gasteiger partial charge in [-0.25, -0.2) is 4.79 Å². The minimum atomic E-state index is -1.29. The standard InChI is InChI=1S/C9H6N2O5/c10-5-2-1-4-3-6(9(12)13)16-8(4)7(5)11(14)15/h1-3H,10H2,(H,12,13). The lowest BCUT2D eigenvalue weighted by atomic mass is 10.2. The molecule has 0 fully saturated rings. The van der Waals surface area contributed by atoms with Crippen molar-refractivity contribution < 1.29 is 19.2 Å². The van der Waals surface area contributed by atoms with Gasteiger partial charge in [0.2, 0.25) is 11.3 Å². The van der Waals surface area contributed by atoms with Crippen molar-refractivity contribution in [2.24, 2.45) is 0 Å². The van der Waals surface area contributed by atoms with Crippen molar-refractivity contribution in [3.8, 4) is 0 Å². The molecule has 1 heterocycles. The van der Waals surface area contributed by atoms with Crippen LogP contribution in [0, 0.1) is 10.1 Å². The topological polar surface area (TPSA) is 120 Å². The minimum absolute atomic E-state index is 0.0659. The van der Waals surface area contributed by atoms with Gasteiger partial charge < -0.3 is 15.3 Å². The fourth-order valence-corrected chi connectivity index (χ4v) is 1.40. The molecule has 0 aliphatic carbocycles. The van der Waals surface area contributed by atoms with Crippen molar-refractivity contribution in [1.29, 1.82) is 0 Å². The molecule has 1 aromatic heterocycles. The minimum Gasteiger partial charge on any atom is -0.475 e. The quantitative estimate of drug-likeness (QED) is 0.452. The normalized spacial score (nSPS) is 10.5. The maximum Gasteiger partial charge on any atom is 0.371 e. The molecule has 0 aliphatic rings. The number of hydrogen-bond donors (Lipinski definition) is 2. The zero-order chi connectivity index (χ0) is 11.9. The molecule has 0 radical (unpaired) electrons. The number of nitrogens with zero attached hydrogens (tertiary/aromatic N) is 1. The summed E-state index contributed by atoms with van der Waals surface area (Å²) in [6.45, 7) is 0. The van der Waals surface area contributed by atoms with Crippen molar-refractivity contribution in [1.82, 2.24) is 0 Å². The van der Waals surface area contributed by atoms with Crippen LogP contribution in [0.1, 0.15) is 10.6 Å². The lowest BCUT2D eigenvalue weighted by Gasteiger charge is -1.96. The van der Waals surface area contributed by atoms with E-state index >= 15 is 0 Å². The molecule has 0 saturated carbocycles. The van der Waals surface area contributed by atoms with Crippen LogP contribution in [0.2, 0.25) is 0 Å². The molecular weight excluding hydrogens is 216 g/mol. The van der Waals surface area contributed by atoms with E-state index in [1.54, 1.807) is 0 Å². The summed E-state index contributed by atoms with van der Waals surface area (Å²) < 4.78 is 4.88. The second kappa shape index (κ2) is 3.23. The molecule has 0 bridgehead atoms. The number of nitro groups is 1. The van der Waals surface area contributed by atoms with Gasteiger partial charge in [0.1, 0.15) is 5.69 Å². The predicted octanol–water partition coefficient (Wildman–Crippen LogP) is 1.62. The van der Waals surface area contributed by atoms with E-state index in [1.807, 2.05) is 0 Å². The van der Waals surface area contributed by atoms with Crippen LogP contribution in [-0.4, -0.2) is 16.0 Å². The first-order valence-corrected chi connectivity index (χ1v) is 4.20. The number of hydrogen-bond acceptors (Lipinski definition) is 5. The number of furan rings is 1. The van der Waals surface area contributed by atoms with Gasteiger partial charge in [0.15, 0.2) is 0 Å². The van der Waals surface area contributed by atoms with Crippen molar-refractivity contribution >= 4 is 28.3 Å². The highest BCUT2D eigenvalue weighted by Gasteiger charge is 2.22.